The quantitative estimate of drug-likeness (QED) is 0.344. The van der Waals surface area contributed by atoms with E-state index in [1.807, 2.05) is 6.92 Å². The Morgan fingerprint density at radius 3 is 2.41 bits per heavy atom. The van der Waals surface area contributed by atoms with Crippen LogP contribution >= 0.6 is 0 Å². The summed E-state index contributed by atoms with van der Waals surface area (Å²) in [5.74, 6) is 0.133. The van der Waals surface area contributed by atoms with Crippen molar-refractivity contribution in [3.63, 3.8) is 0 Å². The molecule has 0 heterocycles. The van der Waals surface area contributed by atoms with Gasteiger partial charge in [0.2, 0.25) is 0 Å². The Morgan fingerprint density at radius 2 is 1.94 bits per heavy atom. The summed E-state index contributed by atoms with van der Waals surface area (Å²) in [5.41, 5.74) is 0. The van der Waals surface area contributed by atoms with Gasteiger partial charge in [-0.05, 0) is 19.4 Å². The maximum absolute atomic E-state index is 11.2. The van der Waals surface area contributed by atoms with Gasteiger partial charge >= 0.3 is 8.80 Å². The van der Waals surface area contributed by atoms with E-state index in [-0.39, 0.29) is 5.78 Å². The van der Waals surface area contributed by atoms with Crippen LogP contribution in [-0.2, 0) is 18.1 Å². The van der Waals surface area contributed by atoms with Crippen molar-refractivity contribution < 1.29 is 18.1 Å². The van der Waals surface area contributed by atoms with Crippen molar-refractivity contribution in [2.45, 2.75) is 39.2 Å². The normalized spacial score (nSPS) is 12.2. The van der Waals surface area contributed by atoms with Gasteiger partial charge in [0, 0.05) is 33.3 Å². The van der Waals surface area contributed by atoms with E-state index < -0.39 is 8.80 Å². The third kappa shape index (κ3) is 6.73. The first-order valence-corrected chi connectivity index (χ1v) is 7.97. The fourth-order valence-corrected chi connectivity index (χ4v) is 3.55. The van der Waals surface area contributed by atoms with Crippen LogP contribution in [-0.4, -0.2) is 35.4 Å². The van der Waals surface area contributed by atoms with E-state index in [0.29, 0.717) is 19.4 Å². The number of ketones is 1. The SMILES string of the molecule is CC=CC(=O)CCCO[Si](CCC)(OC)OC. The molecule has 0 bridgehead atoms. The van der Waals surface area contributed by atoms with Crippen molar-refractivity contribution in [1.82, 2.24) is 0 Å². The molecule has 0 aliphatic rings. The van der Waals surface area contributed by atoms with Gasteiger partial charge in [-0.1, -0.05) is 19.4 Å². The van der Waals surface area contributed by atoms with Crippen LogP contribution in [0.1, 0.15) is 33.1 Å². The summed E-state index contributed by atoms with van der Waals surface area (Å²) < 4.78 is 16.5. The molecule has 0 amide bonds. The smallest absolute Gasteiger partial charge is 0.377 e. The number of rotatable bonds is 10. The molecule has 0 aliphatic heterocycles. The second kappa shape index (κ2) is 9.53. The molecule has 0 aromatic rings. The number of hydrogen-bond acceptors (Lipinski definition) is 4. The maximum Gasteiger partial charge on any atom is 0.500 e. The van der Waals surface area contributed by atoms with Gasteiger partial charge in [-0.15, -0.1) is 0 Å². The van der Waals surface area contributed by atoms with Crippen LogP contribution in [0.15, 0.2) is 12.2 Å². The number of carbonyl (C=O) groups excluding carboxylic acids is 1. The molecular weight excluding hydrogens is 236 g/mol. The van der Waals surface area contributed by atoms with Crippen LogP contribution in [0.4, 0.5) is 0 Å². The van der Waals surface area contributed by atoms with Crippen molar-refractivity contribution in [1.29, 1.82) is 0 Å². The van der Waals surface area contributed by atoms with E-state index >= 15 is 0 Å². The molecule has 0 spiro atoms. The van der Waals surface area contributed by atoms with Crippen LogP contribution in [0.5, 0.6) is 0 Å². The summed E-state index contributed by atoms with van der Waals surface area (Å²) in [5, 5.41) is 0. The summed E-state index contributed by atoms with van der Waals surface area (Å²) in [6.45, 7) is 4.42. The lowest BCUT2D eigenvalue weighted by Gasteiger charge is -2.25. The molecule has 4 nitrogen and oxygen atoms in total. The monoisotopic (exact) mass is 260 g/mol. The van der Waals surface area contributed by atoms with Crippen molar-refractivity contribution in [3.05, 3.63) is 12.2 Å². The molecule has 0 saturated heterocycles. The van der Waals surface area contributed by atoms with Crippen LogP contribution in [0.3, 0.4) is 0 Å². The van der Waals surface area contributed by atoms with Crippen LogP contribution in [0.2, 0.25) is 6.04 Å². The third-order valence-electron chi connectivity index (χ3n) is 2.42. The fourth-order valence-electron chi connectivity index (χ4n) is 1.53. The van der Waals surface area contributed by atoms with Gasteiger partial charge in [-0.25, -0.2) is 0 Å². The predicted molar refractivity (Wildman–Crippen MR) is 69.9 cm³/mol. The second-order valence-corrected chi connectivity index (χ2v) is 6.73. The molecule has 0 N–H and O–H groups in total. The molecule has 0 unspecified atom stereocenters. The Balaban J connectivity index is 3.94. The lowest BCUT2D eigenvalue weighted by molar-refractivity contribution is -0.114. The summed E-state index contributed by atoms with van der Waals surface area (Å²) in [6, 6.07) is 0.808. The average Bonchev–Trinajstić information content (AvgIpc) is 2.33. The molecule has 0 atom stereocenters. The zero-order valence-corrected chi connectivity index (χ0v) is 12.3. The van der Waals surface area contributed by atoms with E-state index in [1.165, 1.54) is 0 Å². The molecule has 0 aromatic heterocycles. The van der Waals surface area contributed by atoms with Crippen molar-refractivity contribution in [2.24, 2.45) is 0 Å². The highest BCUT2D eigenvalue weighted by molar-refractivity contribution is 6.60. The molecule has 100 valence electrons. The Hall–Kier alpha value is -0.493. The van der Waals surface area contributed by atoms with Gasteiger partial charge in [-0.2, -0.15) is 0 Å². The Kier molecular flexibility index (Phi) is 9.25. The van der Waals surface area contributed by atoms with E-state index in [4.69, 9.17) is 13.3 Å². The van der Waals surface area contributed by atoms with Crippen molar-refractivity contribution in [2.75, 3.05) is 20.8 Å². The maximum atomic E-state index is 11.2. The molecule has 0 aliphatic carbocycles. The number of allylic oxidation sites excluding steroid dienone is 2. The fraction of sp³-hybridized carbons (Fsp3) is 0.750. The van der Waals surface area contributed by atoms with Crippen molar-refractivity contribution >= 4 is 14.6 Å². The van der Waals surface area contributed by atoms with Gasteiger partial charge in [0.1, 0.15) is 0 Å². The summed E-state index contributed by atoms with van der Waals surface area (Å²) in [6.07, 6.45) is 5.52. The van der Waals surface area contributed by atoms with Gasteiger partial charge in [0.25, 0.3) is 0 Å². The van der Waals surface area contributed by atoms with E-state index in [2.05, 4.69) is 6.92 Å². The standard InChI is InChI=1S/C12H24O4Si/c1-5-8-12(13)9-7-10-16-17(14-3,15-4)11-6-2/h5,8H,6-7,9-11H2,1-4H3. The molecule has 0 saturated carbocycles. The molecular formula is C12H24O4Si. The minimum atomic E-state index is -2.46. The second-order valence-electron chi connectivity index (χ2n) is 3.76. The largest absolute Gasteiger partial charge is 0.500 e. The van der Waals surface area contributed by atoms with Crippen molar-refractivity contribution in [3.8, 4) is 0 Å². The first-order chi connectivity index (χ1) is 8.14. The first kappa shape index (κ1) is 16.5. The zero-order valence-electron chi connectivity index (χ0n) is 11.3. The van der Waals surface area contributed by atoms with Gasteiger partial charge in [-0.3, -0.25) is 4.79 Å². The molecule has 0 fully saturated rings. The van der Waals surface area contributed by atoms with Gasteiger partial charge < -0.3 is 13.3 Å². The topological polar surface area (TPSA) is 44.8 Å². The highest BCUT2D eigenvalue weighted by atomic mass is 28.4. The number of carbonyl (C=O) groups is 1. The zero-order chi connectivity index (χ0) is 13.1. The van der Waals surface area contributed by atoms with E-state index in [0.717, 1.165) is 12.5 Å². The highest BCUT2D eigenvalue weighted by Gasteiger charge is 2.37. The van der Waals surface area contributed by atoms with Crippen LogP contribution in [0.25, 0.3) is 0 Å². The molecule has 0 aromatic carbocycles. The minimum Gasteiger partial charge on any atom is -0.377 e. The average molecular weight is 260 g/mol. The highest BCUT2D eigenvalue weighted by Crippen LogP contribution is 2.16. The number of hydrogen-bond donors (Lipinski definition) is 0. The van der Waals surface area contributed by atoms with Crippen LogP contribution < -0.4 is 0 Å². The van der Waals surface area contributed by atoms with Gasteiger partial charge in [0.05, 0.1) is 0 Å². The molecule has 0 rings (SSSR count). The summed E-state index contributed by atoms with van der Waals surface area (Å²) in [4.78, 5) is 11.2. The summed E-state index contributed by atoms with van der Waals surface area (Å²) >= 11 is 0. The molecule has 5 heteroatoms. The predicted octanol–water partition coefficient (Wildman–Crippen LogP) is 2.57. The van der Waals surface area contributed by atoms with E-state index in [9.17, 15) is 4.79 Å². The van der Waals surface area contributed by atoms with Gasteiger partial charge in [0.15, 0.2) is 5.78 Å². The Labute approximate surface area is 105 Å². The third-order valence-corrected chi connectivity index (χ3v) is 5.42. The minimum absolute atomic E-state index is 0.133. The van der Waals surface area contributed by atoms with Crippen LogP contribution in [0, 0.1) is 0 Å². The Morgan fingerprint density at radius 1 is 1.29 bits per heavy atom. The summed E-state index contributed by atoms with van der Waals surface area (Å²) in [7, 11) is 0.780. The lowest BCUT2D eigenvalue weighted by Crippen LogP contribution is -2.43. The first-order valence-electron chi connectivity index (χ1n) is 6.04. The molecule has 17 heavy (non-hydrogen) atoms. The lowest BCUT2D eigenvalue weighted by atomic mass is 10.2. The molecule has 0 radical (unpaired) electrons. The van der Waals surface area contributed by atoms with E-state index in [1.54, 1.807) is 26.4 Å². The Bertz CT molecular complexity index is 237.